The van der Waals surface area contributed by atoms with Gasteiger partial charge in [0.05, 0.1) is 5.02 Å². The minimum atomic E-state index is -4.49. The van der Waals surface area contributed by atoms with Gasteiger partial charge >= 0.3 is 6.18 Å². The lowest BCUT2D eigenvalue weighted by atomic mass is 9.44. The van der Waals surface area contributed by atoms with Crippen LogP contribution in [0.25, 0.3) is 0 Å². The molecule has 0 aromatic heterocycles. The van der Waals surface area contributed by atoms with Crippen LogP contribution in [0.15, 0.2) is 18.2 Å². The smallest absolute Gasteiger partial charge is 0.406 e. The Balaban J connectivity index is 1.20. The zero-order chi connectivity index (χ0) is 21.7. The molecule has 2 amide bonds. The maximum atomic E-state index is 13.4. The zero-order valence-electron chi connectivity index (χ0n) is 15.4. The zero-order valence-corrected chi connectivity index (χ0v) is 16.2. The van der Waals surface area contributed by atoms with Crippen LogP contribution in [0, 0.1) is 5.82 Å². The highest BCUT2D eigenvalue weighted by atomic mass is 35.5. The normalized spacial score (nSPS) is 32.0. The quantitative estimate of drug-likeness (QED) is 0.576. The molecule has 3 N–H and O–H groups in total. The number of benzene rings is 1. The predicted octanol–water partition coefficient (Wildman–Crippen LogP) is 1.99. The van der Waals surface area contributed by atoms with Crippen LogP contribution in [0.5, 0.6) is 5.75 Å². The van der Waals surface area contributed by atoms with Crippen molar-refractivity contribution in [3.8, 4) is 5.75 Å². The fraction of sp³-hybridized carbons (Fsp3) is 0.556. The molecular formula is C18H18ClF4N3O4. The Hall–Kier alpha value is -2.11. The average Bonchev–Trinajstić information content (AvgIpc) is 3.10. The van der Waals surface area contributed by atoms with E-state index in [-0.39, 0.29) is 17.4 Å². The third-order valence-corrected chi connectivity index (χ3v) is 5.88. The largest absolute Gasteiger partial charge is 0.484 e. The van der Waals surface area contributed by atoms with Crippen LogP contribution >= 0.6 is 11.6 Å². The van der Waals surface area contributed by atoms with Crippen molar-refractivity contribution in [2.75, 3.05) is 6.61 Å². The van der Waals surface area contributed by atoms with Crippen molar-refractivity contribution in [2.45, 2.75) is 55.1 Å². The number of carbonyl (C=O) groups excluding carboxylic acids is 2. The molecule has 2 unspecified atom stereocenters. The first-order valence-electron chi connectivity index (χ1n) is 9.18. The topological polar surface area (TPSA) is 88.7 Å². The molecule has 1 aliphatic heterocycles. The van der Waals surface area contributed by atoms with Crippen molar-refractivity contribution in [3.63, 3.8) is 0 Å². The Kier molecular flexibility index (Phi) is 5.10. The Morgan fingerprint density at radius 3 is 2.50 bits per heavy atom. The lowest BCUT2D eigenvalue weighted by molar-refractivity contribution is -0.167. The summed E-state index contributed by atoms with van der Waals surface area (Å²) in [5.41, 5.74) is 0.835. The summed E-state index contributed by atoms with van der Waals surface area (Å²) in [6.07, 6.45) is -4.79. The van der Waals surface area contributed by atoms with Crippen LogP contribution < -0.4 is 20.9 Å². The molecule has 0 radical (unpaired) electrons. The summed E-state index contributed by atoms with van der Waals surface area (Å²) in [4.78, 5) is 29.0. The fourth-order valence-electron chi connectivity index (χ4n) is 4.28. The van der Waals surface area contributed by atoms with Crippen LogP contribution in [0.4, 0.5) is 17.6 Å². The van der Waals surface area contributed by atoms with Gasteiger partial charge in [0, 0.05) is 23.6 Å². The van der Waals surface area contributed by atoms with Crippen LogP contribution in [0.2, 0.25) is 5.02 Å². The van der Waals surface area contributed by atoms with E-state index in [9.17, 15) is 27.2 Å². The number of hydrogen-bond acceptors (Lipinski definition) is 5. The second-order valence-electron chi connectivity index (χ2n) is 8.05. The number of carbonyl (C=O) groups is 2. The lowest BCUT2D eigenvalue weighted by Gasteiger charge is -2.70. The molecule has 30 heavy (non-hydrogen) atoms. The highest BCUT2D eigenvalue weighted by Crippen LogP contribution is 2.60. The molecule has 3 aliphatic carbocycles. The summed E-state index contributed by atoms with van der Waals surface area (Å²) in [7, 11) is 0. The number of halogens is 5. The second kappa shape index (κ2) is 7.24. The molecule has 2 atom stereocenters. The summed E-state index contributed by atoms with van der Waals surface area (Å²) in [6, 6.07) is 1.96. The van der Waals surface area contributed by atoms with E-state index >= 15 is 0 Å². The Morgan fingerprint density at radius 2 is 1.90 bits per heavy atom. The van der Waals surface area contributed by atoms with E-state index in [4.69, 9.17) is 21.2 Å². The summed E-state index contributed by atoms with van der Waals surface area (Å²) >= 11 is 5.58. The molecule has 2 bridgehead atoms. The predicted molar refractivity (Wildman–Crippen MR) is 95.0 cm³/mol. The molecule has 3 saturated carbocycles. The van der Waals surface area contributed by atoms with Crippen LogP contribution in [0.1, 0.15) is 25.7 Å². The molecule has 5 rings (SSSR count). The van der Waals surface area contributed by atoms with Gasteiger partial charge in [0.2, 0.25) is 0 Å². The van der Waals surface area contributed by atoms with Crippen molar-refractivity contribution < 1.29 is 36.7 Å². The average molecular weight is 452 g/mol. The Morgan fingerprint density at radius 1 is 1.23 bits per heavy atom. The van der Waals surface area contributed by atoms with Crippen LogP contribution in [-0.2, 0) is 14.4 Å². The highest BCUT2D eigenvalue weighted by Gasteiger charge is 2.69. The molecule has 1 aromatic rings. The monoisotopic (exact) mass is 451 g/mol. The molecule has 0 spiro atoms. The van der Waals surface area contributed by atoms with E-state index in [0.29, 0.717) is 19.3 Å². The van der Waals surface area contributed by atoms with Gasteiger partial charge in [-0.25, -0.2) is 4.39 Å². The minimum absolute atomic E-state index is 0.0549. The maximum Gasteiger partial charge on any atom is 0.406 e. The third-order valence-electron chi connectivity index (χ3n) is 5.57. The standard InChI is InChI=1S/C18H18ClF4N3O4/c19-10-2-1-9(3-11(10)20)29-5-14(27)24-16-6-17(7-16,8-16)25-15(28)12-4-13(26-30-12)18(21,22)23/h1-3,12-13,26H,4-8H2,(H,24,27)(H,25,28). The van der Waals surface area contributed by atoms with Crippen molar-refractivity contribution in [3.05, 3.63) is 29.0 Å². The molecular weight excluding hydrogens is 434 g/mol. The van der Waals surface area contributed by atoms with E-state index in [1.54, 1.807) is 0 Å². The number of nitrogens with one attached hydrogen (secondary N) is 3. The van der Waals surface area contributed by atoms with Crippen LogP contribution in [0.3, 0.4) is 0 Å². The summed E-state index contributed by atoms with van der Waals surface area (Å²) < 4.78 is 56.6. The van der Waals surface area contributed by atoms with Crippen molar-refractivity contribution >= 4 is 23.4 Å². The number of hydroxylamine groups is 1. The van der Waals surface area contributed by atoms with Crippen molar-refractivity contribution in [2.24, 2.45) is 0 Å². The minimum Gasteiger partial charge on any atom is -0.484 e. The first-order chi connectivity index (χ1) is 14.0. The molecule has 1 saturated heterocycles. The molecule has 4 fully saturated rings. The molecule has 164 valence electrons. The number of alkyl halides is 3. The molecule has 1 heterocycles. The van der Waals surface area contributed by atoms with E-state index in [1.807, 2.05) is 5.48 Å². The van der Waals surface area contributed by atoms with Gasteiger partial charge in [0.25, 0.3) is 11.8 Å². The first-order valence-corrected chi connectivity index (χ1v) is 9.56. The highest BCUT2D eigenvalue weighted by molar-refractivity contribution is 6.30. The number of rotatable bonds is 6. The second-order valence-corrected chi connectivity index (χ2v) is 8.45. The number of hydrogen-bond donors (Lipinski definition) is 3. The van der Waals surface area contributed by atoms with Gasteiger partial charge in [-0.3, -0.25) is 14.4 Å². The summed E-state index contributed by atoms with van der Waals surface area (Å²) in [5, 5.41) is 5.50. The van der Waals surface area contributed by atoms with Gasteiger partial charge in [-0.1, -0.05) is 11.6 Å². The van der Waals surface area contributed by atoms with Crippen LogP contribution in [-0.4, -0.2) is 47.8 Å². The lowest BCUT2D eigenvalue weighted by Crippen LogP contribution is -2.84. The Labute approximate surface area is 173 Å². The number of amides is 2. The van der Waals surface area contributed by atoms with Gasteiger partial charge in [-0.2, -0.15) is 18.7 Å². The maximum absolute atomic E-state index is 13.4. The van der Waals surface area contributed by atoms with Gasteiger partial charge in [-0.15, -0.1) is 0 Å². The van der Waals surface area contributed by atoms with E-state index in [1.165, 1.54) is 12.1 Å². The van der Waals surface area contributed by atoms with E-state index in [0.717, 1.165) is 6.07 Å². The van der Waals surface area contributed by atoms with E-state index in [2.05, 4.69) is 10.6 Å². The fourth-order valence-corrected chi connectivity index (χ4v) is 4.40. The van der Waals surface area contributed by atoms with Gasteiger partial charge in [0.1, 0.15) is 17.6 Å². The summed E-state index contributed by atoms with van der Waals surface area (Å²) in [5.74, 6) is -1.51. The van der Waals surface area contributed by atoms with Gasteiger partial charge in [-0.05, 0) is 31.4 Å². The molecule has 4 aliphatic rings. The van der Waals surface area contributed by atoms with Crippen molar-refractivity contribution in [1.82, 2.24) is 16.1 Å². The molecule has 12 heteroatoms. The van der Waals surface area contributed by atoms with Gasteiger partial charge < -0.3 is 15.4 Å². The first kappa shape index (κ1) is 21.1. The van der Waals surface area contributed by atoms with Gasteiger partial charge in [0.15, 0.2) is 12.7 Å². The molecule has 7 nitrogen and oxygen atoms in total. The van der Waals surface area contributed by atoms with Crippen molar-refractivity contribution in [1.29, 1.82) is 0 Å². The SMILES string of the molecule is O=C(COc1ccc(Cl)c(F)c1)NC12CC(NC(=O)C3CC(C(F)(F)F)NO3)(C1)C2. The Bertz CT molecular complexity index is 862. The summed E-state index contributed by atoms with van der Waals surface area (Å²) in [6.45, 7) is -0.317. The molecule has 1 aromatic carbocycles. The van der Waals surface area contributed by atoms with E-state index < -0.39 is 53.5 Å². The number of ether oxygens (including phenoxy) is 1. The third kappa shape index (κ3) is 4.06.